The first-order chi connectivity index (χ1) is 12.2. The Morgan fingerprint density at radius 2 is 1.96 bits per heavy atom. The number of amides is 1. The van der Waals surface area contributed by atoms with Gasteiger partial charge in [0.2, 0.25) is 0 Å². The van der Waals surface area contributed by atoms with Crippen molar-refractivity contribution in [2.45, 2.75) is 0 Å². The summed E-state index contributed by atoms with van der Waals surface area (Å²) in [7, 11) is 0. The largest absolute Gasteiger partial charge is 0.445 e. The Bertz CT molecular complexity index is 741. The lowest BCUT2D eigenvalue weighted by Crippen LogP contribution is -2.49. The number of aromatic nitrogens is 1. The van der Waals surface area contributed by atoms with Gasteiger partial charge in [-0.1, -0.05) is 30.9 Å². The van der Waals surface area contributed by atoms with Gasteiger partial charge in [0, 0.05) is 43.5 Å². The van der Waals surface area contributed by atoms with Crippen LogP contribution in [0.15, 0.2) is 55.3 Å². The third-order valence-electron chi connectivity index (χ3n) is 4.12. The van der Waals surface area contributed by atoms with Crippen LogP contribution in [0, 0.1) is 5.82 Å². The molecular formula is C19H20FN3O2. The molecule has 1 aliphatic heterocycles. The average Bonchev–Trinajstić information content (AvgIpc) is 2.67. The van der Waals surface area contributed by atoms with E-state index < -0.39 is 0 Å². The average molecular weight is 341 g/mol. The minimum Gasteiger partial charge on any atom is -0.445 e. The molecule has 0 N–H and O–H groups in total. The summed E-state index contributed by atoms with van der Waals surface area (Å²) < 4.78 is 18.9. The van der Waals surface area contributed by atoms with Crippen LogP contribution in [-0.4, -0.2) is 48.8 Å². The molecule has 1 saturated heterocycles. The van der Waals surface area contributed by atoms with E-state index in [9.17, 15) is 9.18 Å². The number of rotatable bonds is 4. The van der Waals surface area contributed by atoms with E-state index in [2.05, 4.69) is 16.5 Å². The van der Waals surface area contributed by atoms with E-state index in [4.69, 9.17) is 4.74 Å². The summed E-state index contributed by atoms with van der Waals surface area (Å²) >= 11 is 0. The van der Waals surface area contributed by atoms with Crippen molar-refractivity contribution < 1.29 is 13.9 Å². The Morgan fingerprint density at radius 3 is 2.60 bits per heavy atom. The van der Waals surface area contributed by atoms with Crippen LogP contribution >= 0.6 is 0 Å². The first kappa shape index (κ1) is 17.0. The molecule has 0 unspecified atom stereocenters. The molecule has 25 heavy (non-hydrogen) atoms. The van der Waals surface area contributed by atoms with Crippen molar-refractivity contribution in [3.63, 3.8) is 0 Å². The van der Waals surface area contributed by atoms with Crippen LogP contribution in [0.5, 0.6) is 0 Å². The molecule has 0 radical (unpaired) electrons. The van der Waals surface area contributed by atoms with Crippen molar-refractivity contribution >= 4 is 11.9 Å². The molecule has 1 aromatic heterocycles. The predicted octanol–water partition coefficient (Wildman–Crippen LogP) is 3.33. The first-order valence-electron chi connectivity index (χ1n) is 8.17. The number of benzene rings is 1. The van der Waals surface area contributed by atoms with Gasteiger partial charge in [0.25, 0.3) is 0 Å². The van der Waals surface area contributed by atoms with Crippen molar-refractivity contribution in [2.24, 2.45) is 0 Å². The summed E-state index contributed by atoms with van der Waals surface area (Å²) in [5.41, 5.74) is 1.28. The number of nitrogens with zero attached hydrogens (tertiary/aromatic N) is 3. The maximum Gasteiger partial charge on any atom is 0.410 e. The Hall–Kier alpha value is -2.89. The van der Waals surface area contributed by atoms with Gasteiger partial charge in [0.1, 0.15) is 18.2 Å². The van der Waals surface area contributed by atoms with Crippen molar-refractivity contribution in [2.75, 3.05) is 37.7 Å². The topological polar surface area (TPSA) is 45.7 Å². The van der Waals surface area contributed by atoms with E-state index in [0.717, 1.165) is 11.4 Å². The lowest BCUT2D eigenvalue weighted by atomic mass is 10.1. The molecule has 1 aliphatic rings. The molecule has 6 heteroatoms. The SMILES string of the molecule is C=CCOC(=O)N1CCN(c2ccc(-c3ccccc3F)cn2)CC1. The monoisotopic (exact) mass is 341 g/mol. The lowest BCUT2D eigenvalue weighted by molar-refractivity contribution is 0.110. The van der Waals surface area contributed by atoms with Crippen LogP contribution in [0.3, 0.4) is 0 Å². The number of carbonyl (C=O) groups excluding carboxylic acids is 1. The molecule has 1 aromatic carbocycles. The summed E-state index contributed by atoms with van der Waals surface area (Å²) in [6.45, 7) is 6.25. The van der Waals surface area contributed by atoms with Gasteiger partial charge in [0.05, 0.1) is 0 Å². The standard InChI is InChI=1S/C19H20FN3O2/c1-2-13-25-19(24)23-11-9-22(10-12-23)18-8-7-15(14-21-18)16-5-3-4-6-17(16)20/h2-8,14H,1,9-13H2. The van der Waals surface area contributed by atoms with Crippen molar-refractivity contribution in [1.82, 2.24) is 9.88 Å². The predicted molar refractivity (Wildman–Crippen MR) is 95.0 cm³/mol. The van der Waals surface area contributed by atoms with E-state index in [1.54, 1.807) is 35.4 Å². The number of carbonyl (C=O) groups is 1. The zero-order valence-corrected chi connectivity index (χ0v) is 13.9. The summed E-state index contributed by atoms with van der Waals surface area (Å²) in [5, 5.41) is 0. The number of halogens is 1. The number of pyridine rings is 1. The summed E-state index contributed by atoms with van der Waals surface area (Å²) in [6, 6.07) is 10.4. The van der Waals surface area contributed by atoms with Crippen LogP contribution in [0.2, 0.25) is 0 Å². The van der Waals surface area contributed by atoms with E-state index in [1.165, 1.54) is 6.07 Å². The normalized spacial score (nSPS) is 14.3. The molecule has 5 nitrogen and oxygen atoms in total. The Morgan fingerprint density at radius 1 is 1.20 bits per heavy atom. The molecule has 2 heterocycles. The molecule has 0 spiro atoms. The van der Waals surface area contributed by atoms with Crippen LogP contribution in [-0.2, 0) is 4.74 Å². The van der Waals surface area contributed by atoms with Crippen LogP contribution < -0.4 is 4.90 Å². The molecule has 0 atom stereocenters. The van der Waals surface area contributed by atoms with Gasteiger partial charge >= 0.3 is 6.09 Å². The van der Waals surface area contributed by atoms with Crippen LogP contribution in [0.25, 0.3) is 11.1 Å². The molecule has 0 bridgehead atoms. The number of hydrogen-bond donors (Lipinski definition) is 0. The van der Waals surface area contributed by atoms with E-state index >= 15 is 0 Å². The number of piperazine rings is 1. The molecule has 3 rings (SSSR count). The molecule has 2 aromatic rings. The van der Waals surface area contributed by atoms with Crippen LogP contribution in [0.4, 0.5) is 15.0 Å². The summed E-state index contributed by atoms with van der Waals surface area (Å²) in [4.78, 5) is 20.0. The highest BCUT2D eigenvalue weighted by atomic mass is 19.1. The zero-order valence-electron chi connectivity index (χ0n) is 13.9. The molecule has 1 fully saturated rings. The van der Waals surface area contributed by atoms with E-state index in [0.29, 0.717) is 31.7 Å². The highest BCUT2D eigenvalue weighted by Crippen LogP contribution is 2.24. The van der Waals surface area contributed by atoms with Gasteiger partial charge in [0.15, 0.2) is 0 Å². The van der Waals surface area contributed by atoms with Gasteiger partial charge in [-0.05, 0) is 18.2 Å². The molecule has 0 aliphatic carbocycles. The summed E-state index contributed by atoms with van der Waals surface area (Å²) in [5.74, 6) is 0.558. The zero-order chi connectivity index (χ0) is 17.6. The van der Waals surface area contributed by atoms with Gasteiger partial charge in [-0.15, -0.1) is 0 Å². The third-order valence-corrected chi connectivity index (χ3v) is 4.12. The highest BCUT2D eigenvalue weighted by Gasteiger charge is 2.22. The second kappa shape index (κ2) is 7.79. The Labute approximate surface area is 146 Å². The van der Waals surface area contributed by atoms with Gasteiger partial charge in [-0.2, -0.15) is 0 Å². The maximum absolute atomic E-state index is 13.8. The molecular weight excluding hydrogens is 321 g/mol. The van der Waals surface area contributed by atoms with Crippen molar-refractivity contribution in [1.29, 1.82) is 0 Å². The Kier molecular flexibility index (Phi) is 5.28. The fraction of sp³-hybridized carbons (Fsp3) is 0.263. The maximum atomic E-state index is 13.8. The fourth-order valence-corrected chi connectivity index (χ4v) is 2.77. The second-order valence-corrected chi connectivity index (χ2v) is 5.72. The lowest BCUT2D eigenvalue weighted by Gasteiger charge is -2.34. The fourth-order valence-electron chi connectivity index (χ4n) is 2.77. The minimum atomic E-state index is -0.317. The van der Waals surface area contributed by atoms with Crippen LogP contribution in [0.1, 0.15) is 0 Å². The van der Waals surface area contributed by atoms with E-state index in [1.807, 2.05) is 12.1 Å². The minimum absolute atomic E-state index is 0.220. The van der Waals surface area contributed by atoms with Gasteiger partial charge in [-0.25, -0.2) is 14.2 Å². The Balaban J connectivity index is 1.62. The second-order valence-electron chi connectivity index (χ2n) is 5.72. The van der Waals surface area contributed by atoms with Gasteiger partial charge < -0.3 is 14.5 Å². The van der Waals surface area contributed by atoms with Gasteiger partial charge in [-0.3, -0.25) is 0 Å². The number of anilines is 1. The number of ether oxygens (including phenoxy) is 1. The molecule has 130 valence electrons. The molecule has 0 saturated carbocycles. The smallest absolute Gasteiger partial charge is 0.410 e. The molecule has 1 amide bonds. The number of hydrogen-bond acceptors (Lipinski definition) is 4. The van der Waals surface area contributed by atoms with Crippen molar-refractivity contribution in [3.05, 3.63) is 61.1 Å². The quantitative estimate of drug-likeness (QED) is 0.800. The summed E-state index contributed by atoms with van der Waals surface area (Å²) in [6.07, 6.45) is 2.91. The third kappa shape index (κ3) is 3.96. The van der Waals surface area contributed by atoms with Crippen molar-refractivity contribution in [3.8, 4) is 11.1 Å². The highest BCUT2D eigenvalue weighted by molar-refractivity contribution is 5.68. The van der Waals surface area contributed by atoms with E-state index in [-0.39, 0.29) is 18.5 Å². The first-order valence-corrected chi connectivity index (χ1v) is 8.17.